The van der Waals surface area contributed by atoms with E-state index in [1.54, 1.807) is 0 Å². The second-order valence-corrected chi connectivity index (χ2v) is 6.74. The molecule has 26 heavy (non-hydrogen) atoms. The van der Waals surface area contributed by atoms with Crippen molar-refractivity contribution >= 4 is 32.7 Å². The second kappa shape index (κ2) is 7.37. The summed E-state index contributed by atoms with van der Waals surface area (Å²) < 4.78 is 2.88. The molecule has 0 radical (unpaired) electrons. The Balaban J connectivity index is 1.29. The van der Waals surface area contributed by atoms with E-state index in [1.807, 2.05) is 71.5 Å². The van der Waals surface area contributed by atoms with Crippen LogP contribution in [0.3, 0.4) is 0 Å². The molecule has 7 heteroatoms. The highest BCUT2D eigenvalue weighted by Crippen LogP contribution is 2.25. The van der Waals surface area contributed by atoms with Crippen LogP contribution in [0.25, 0.3) is 15.9 Å². The molecule has 2 heterocycles. The largest absolute Gasteiger partial charge is 0.337 e. The number of aromatic nitrogens is 3. The monoisotopic (exact) mass is 363 g/mol. The zero-order valence-corrected chi connectivity index (χ0v) is 14.7. The van der Waals surface area contributed by atoms with Crippen LogP contribution in [-0.4, -0.2) is 27.3 Å². The van der Waals surface area contributed by atoms with Crippen molar-refractivity contribution in [2.45, 2.75) is 6.42 Å². The van der Waals surface area contributed by atoms with Gasteiger partial charge in [0, 0.05) is 19.2 Å². The van der Waals surface area contributed by atoms with Gasteiger partial charge in [0.05, 0.1) is 21.6 Å². The first kappa shape index (κ1) is 16.3. The molecular weight excluding hydrogens is 346 g/mol. The number of carbonyl (C=O) groups excluding carboxylic acids is 1. The van der Waals surface area contributed by atoms with E-state index in [9.17, 15) is 4.79 Å². The van der Waals surface area contributed by atoms with Gasteiger partial charge in [0.25, 0.3) is 0 Å². The first-order valence-corrected chi connectivity index (χ1v) is 9.10. The maximum absolute atomic E-state index is 12.0. The SMILES string of the molecule is O=C(NCCc1ccn(-c2ccccc2)n1)Nc1nc2ccccc2s1. The number of thiazole rings is 1. The van der Waals surface area contributed by atoms with Gasteiger partial charge in [-0.05, 0) is 30.3 Å². The van der Waals surface area contributed by atoms with Crippen molar-refractivity contribution in [3.8, 4) is 5.69 Å². The van der Waals surface area contributed by atoms with Crippen LogP contribution in [0.4, 0.5) is 9.93 Å². The van der Waals surface area contributed by atoms with Gasteiger partial charge in [0.2, 0.25) is 0 Å². The molecule has 0 saturated heterocycles. The number of hydrogen-bond acceptors (Lipinski definition) is 4. The number of rotatable bonds is 5. The van der Waals surface area contributed by atoms with Gasteiger partial charge in [-0.2, -0.15) is 5.10 Å². The second-order valence-electron chi connectivity index (χ2n) is 5.70. The number of anilines is 1. The number of para-hydroxylation sites is 2. The lowest BCUT2D eigenvalue weighted by molar-refractivity contribution is 0.252. The zero-order chi connectivity index (χ0) is 17.8. The van der Waals surface area contributed by atoms with Crippen molar-refractivity contribution < 1.29 is 4.79 Å². The Morgan fingerprint density at radius 3 is 2.69 bits per heavy atom. The third-order valence-electron chi connectivity index (χ3n) is 3.85. The summed E-state index contributed by atoms with van der Waals surface area (Å²) in [4.78, 5) is 16.4. The van der Waals surface area contributed by atoms with Crippen molar-refractivity contribution in [2.75, 3.05) is 11.9 Å². The fraction of sp³-hybridized carbons (Fsp3) is 0.105. The van der Waals surface area contributed by atoms with Crippen molar-refractivity contribution in [3.05, 3.63) is 72.6 Å². The number of hydrogen-bond donors (Lipinski definition) is 2. The van der Waals surface area contributed by atoms with Gasteiger partial charge in [-0.1, -0.05) is 41.7 Å². The van der Waals surface area contributed by atoms with E-state index in [0.29, 0.717) is 18.1 Å². The van der Waals surface area contributed by atoms with Gasteiger partial charge in [-0.3, -0.25) is 5.32 Å². The number of fused-ring (bicyclic) bond motifs is 1. The molecule has 2 aromatic carbocycles. The number of carbonyl (C=O) groups is 1. The number of nitrogens with one attached hydrogen (secondary N) is 2. The Bertz CT molecular complexity index is 992. The van der Waals surface area contributed by atoms with Gasteiger partial charge in [0.15, 0.2) is 5.13 Å². The highest BCUT2D eigenvalue weighted by atomic mass is 32.1. The molecule has 2 aromatic heterocycles. The Hall–Kier alpha value is -3.19. The molecule has 0 fully saturated rings. The smallest absolute Gasteiger partial charge is 0.321 e. The summed E-state index contributed by atoms with van der Waals surface area (Å²) in [5.74, 6) is 0. The molecule has 130 valence electrons. The molecule has 0 aliphatic carbocycles. The maximum atomic E-state index is 12.0. The molecule has 0 unspecified atom stereocenters. The lowest BCUT2D eigenvalue weighted by atomic mass is 10.3. The average Bonchev–Trinajstić information content (AvgIpc) is 3.29. The van der Waals surface area contributed by atoms with Crippen LogP contribution >= 0.6 is 11.3 Å². The van der Waals surface area contributed by atoms with Crippen LogP contribution in [0.15, 0.2) is 66.9 Å². The number of urea groups is 1. The quantitative estimate of drug-likeness (QED) is 0.566. The first-order valence-electron chi connectivity index (χ1n) is 8.28. The lowest BCUT2D eigenvalue weighted by Gasteiger charge is -2.04. The topological polar surface area (TPSA) is 71.8 Å². The number of amides is 2. The Kier molecular flexibility index (Phi) is 4.61. The van der Waals surface area contributed by atoms with Crippen molar-refractivity contribution in [2.24, 2.45) is 0 Å². The van der Waals surface area contributed by atoms with Gasteiger partial charge in [-0.25, -0.2) is 14.5 Å². The fourth-order valence-corrected chi connectivity index (χ4v) is 3.45. The van der Waals surface area contributed by atoms with Crippen LogP contribution in [0, 0.1) is 0 Å². The normalized spacial score (nSPS) is 10.8. The molecule has 0 spiro atoms. The van der Waals surface area contributed by atoms with Crippen molar-refractivity contribution in [1.29, 1.82) is 0 Å². The van der Waals surface area contributed by atoms with E-state index < -0.39 is 0 Å². The molecule has 0 bridgehead atoms. The summed E-state index contributed by atoms with van der Waals surface area (Å²) in [6.45, 7) is 0.503. The van der Waals surface area contributed by atoms with Crippen molar-refractivity contribution in [1.82, 2.24) is 20.1 Å². The minimum Gasteiger partial charge on any atom is -0.337 e. The van der Waals surface area contributed by atoms with E-state index in [0.717, 1.165) is 21.6 Å². The third kappa shape index (κ3) is 3.73. The highest BCUT2D eigenvalue weighted by Gasteiger charge is 2.07. The molecule has 2 N–H and O–H groups in total. The predicted molar refractivity (Wildman–Crippen MR) is 104 cm³/mol. The van der Waals surface area contributed by atoms with Crippen LogP contribution in [0.5, 0.6) is 0 Å². The predicted octanol–water partition coefficient (Wildman–Crippen LogP) is 3.85. The molecule has 4 aromatic rings. The fourth-order valence-electron chi connectivity index (χ4n) is 2.59. The molecular formula is C19H17N5OS. The Morgan fingerprint density at radius 2 is 1.85 bits per heavy atom. The van der Waals surface area contributed by atoms with Gasteiger partial charge in [0.1, 0.15) is 0 Å². The summed E-state index contributed by atoms with van der Waals surface area (Å²) in [6, 6.07) is 19.4. The highest BCUT2D eigenvalue weighted by molar-refractivity contribution is 7.22. The summed E-state index contributed by atoms with van der Waals surface area (Å²) in [5.41, 5.74) is 2.83. The van der Waals surface area contributed by atoms with Crippen LogP contribution in [0.2, 0.25) is 0 Å². The number of nitrogens with zero attached hydrogens (tertiary/aromatic N) is 3. The maximum Gasteiger partial charge on any atom is 0.321 e. The van der Waals surface area contributed by atoms with Crippen LogP contribution in [-0.2, 0) is 6.42 Å². The molecule has 0 aliphatic rings. The van der Waals surface area contributed by atoms with Gasteiger partial charge >= 0.3 is 6.03 Å². The summed E-state index contributed by atoms with van der Waals surface area (Å²) in [5, 5.41) is 10.7. The molecule has 0 saturated carbocycles. The summed E-state index contributed by atoms with van der Waals surface area (Å²) >= 11 is 1.46. The van der Waals surface area contributed by atoms with E-state index in [4.69, 9.17) is 0 Å². The van der Waals surface area contributed by atoms with Gasteiger partial charge < -0.3 is 5.32 Å². The molecule has 2 amide bonds. The molecule has 0 aliphatic heterocycles. The third-order valence-corrected chi connectivity index (χ3v) is 4.80. The zero-order valence-electron chi connectivity index (χ0n) is 13.9. The summed E-state index contributed by atoms with van der Waals surface area (Å²) in [6.07, 6.45) is 2.58. The standard InChI is InChI=1S/C19H17N5OS/c25-18(22-19-21-16-8-4-5-9-17(16)26-19)20-12-10-14-11-13-24(23-14)15-6-2-1-3-7-15/h1-9,11,13H,10,12H2,(H2,20,21,22,25). The lowest BCUT2D eigenvalue weighted by Crippen LogP contribution is -2.30. The minimum absolute atomic E-state index is 0.258. The Labute approximate surface area is 154 Å². The van der Waals surface area contributed by atoms with Crippen LogP contribution < -0.4 is 10.6 Å². The van der Waals surface area contributed by atoms with E-state index in [-0.39, 0.29) is 6.03 Å². The van der Waals surface area contributed by atoms with E-state index in [1.165, 1.54) is 11.3 Å². The van der Waals surface area contributed by atoms with Gasteiger partial charge in [-0.15, -0.1) is 0 Å². The van der Waals surface area contributed by atoms with E-state index in [2.05, 4.69) is 20.7 Å². The first-order chi connectivity index (χ1) is 12.8. The average molecular weight is 363 g/mol. The molecule has 4 rings (SSSR count). The van der Waals surface area contributed by atoms with E-state index >= 15 is 0 Å². The van der Waals surface area contributed by atoms with Crippen LogP contribution in [0.1, 0.15) is 5.69 Å². The summed E-state index contributed by atoms with van der Waals surface area (Å²) in [7, 11) is 0. The van der Waals surface area contributed by atoms with Crippen molar-refractivity contribution in [3.63, 3.8) is 0 Å². The number of benzene rings is 2. The Morgan fingerprint density at radius 1 is 1.04 bits per heavy atom. The molecule has 6 nitrogen and oxygen atoms in total. The minimum atomic E-state index is -0.258. The molecule has 0 atom stereocenters.